The van der Waals surface area contributed by atoms with Crippen molar-refractivity contribution >= 4 is 5.91 Å². The van der Waals surface area contributed by atoms with E-state index in [1.165, 1.54) is 6.42 Å². The lowest BCUT2D eigenvalue weighted by Crippen LogP contribution is -2.47. The fourth-order valence-corrected chi connectivity index (χ4v) is 2.28. The summed E-state index contributed by atoms with van der Waals surface area (Å²) in [7, 11) is 3.89. The van der Waals surface area contributed by atoms with Gasteiger partial charge < -0.3 is 15.1 Å². The number of hydrogen-bond donors (Lipinski definition) is 1. The van der Waals surface area contributed by atoms with Crippen LogP contribution in [0.4, 0.5) is 0 Å². The van der Waals surface area contributed by atoms with Gasteiger partial charge in [-0.05, 0) is 45.8 Å². The normalized spacial score (nSPS) is 17.8. The fraction of sp³-hybridized carbons (Fsp3) is 0.929. The van der Waals surface area contributed by atoms with E-state index in [-0.39, 0.29) is 5.91 Å². The molecule has 4 nitrogen and oxygen atoms in total. The third-order valence-electron chi connectivity index (χ3n) is 3.45. The Bertz CT molecular complexity index is 245. The molecule has 0 atom stereocenters. The maximum absolute atomic E-state index is 11.9. The number of nitrogens with zero attached hydrogens (tertiary/aromatic N) is 2. The Hall–Kier alpha value is -0.610. The summed E-state index contributed by atoms with van der Waals surface area (Å²) in [6.07, 6.45) is 3.42. The van der Waals surface area contributed by atoms with Crippen LogP contribution in [0.2, 0.25) is 0 Å². The first-order valence-corrected chi connectivity index (χ1v) is 7.15. The summed E-state index contributed by atoms with van der Waals surface area (Å²) >= 11 is 0. The van der Waals surface area contributed by atoms with Gasteiger partial charge in [0, 0.05) is 19.1 Å². The monoisotopic (exact) mass is 255 g/mol. The number of carbonyl (C=O) groups is 1. The zero-order chi connectivity index (χ0) is 13.5. The van der Waals surface area contributed by atoms with Crippen LogP contribution >= 0.6 is 0 Å². The second-order valence-corrected chi connectivity index (χ2v) is 6.03. The molecule has 1 aliphatic heterocycles. The van der Waals surface area contributed by atoms with E-state index >= 15 is 0 Å². The third-order valence-corrected chi connectivity index (χ3v) is 3.45. The standard InChI is InChI=1S/C14H29N3O/c1-12(2)5-8-15-13-6-9-17(10-7-13)14(18)11-16(3)4/h12-13,15H,5-11H2,1-4H3. The van der Waals surface area contributed by atoms with E-state index < -0.39 is 0 Å². The number of amides is 1. The quantitative estimate of drug-likeness (QED) is 0.774. The lowest BCUT2D eigenvalue weighted by atomic mass is 10.0. The van der Waals surface area contributed by atoms with Crippen molar-refractivity contribution in [3.63, 3.8) is 0 Å². The van der Waals surface area contributed by atoms with Crippen LogP contribution in [-0.4, -0.2) is 62.0 Å². The lowest BCUT2D eigenvalue weighted by molar-refractivity contribution is -0.132. The summed E-state index contributed by atoms with van der Waals surface area (Å²) in [5.74, 6) is 1.03. The summed E-state index contributed by atoms with van der Waals surface area (Å²) < 4.78 is 0. The Morgan fingerprint density at radius 1 is 1.33 bits per heavy atom. The van der Waals surface area contributed by atoms with Gasteiger partial charge in [0.15, 0.2) is 0 Å². The predicted molar refractivity (Wildman–Crippen MR) is 75.6 cm³/mol. The van der Waals surface area contributed by atoms with E-state index in [9.17, 15) is 4.79 Å². The molecule has 1 aliphatic rings. The zero-order valence-corrected chi connectivity index (χ0v) is 12.4. The highest BCUT2D eigenvalue weighted by molar-refractivity contribution is 5.78. The van der Waals surface area contributed by atoms with Gasteiger partial charge in [-0.25, -0.2) is 0 Å². The maximum atomic E-state index is 11.9. The molecule has 0 bridgehead atoms. The second-order valence-electron chi connectivity index (χ2n) is 6.03. The van der Waals surface area contributed by atoms with Crippen LogP contribution in [0.1, 0.15) is 33.1 Å². The SMILES string of the molecule is CC(C)CCNC1CCN(C(=O)CN(C)C)CC1. The van der Waals surface area contributed by atoms with Crippen LogP contribution < -0.4 is 5.32 Å². The van der Waals surface area contributed by atoms with Crippen molar-refractivity contribution in [3.05, 3.63) is 0 Å². The van der Waals surface area contributed by atoms with E-state index in [0.29, 0.717) is 12.6 Å². The van der Waals surface area contributed by atoms with Crippen LogP contribution in [-0.2, 0) is 4.79 Å². The van der Waals surface area contributed by atoms with Crippen LogP contribution in [0, 0.1) is 5.92 Å². The van der Waals surface area contributed by atoms with Crippen molar-refractivity contribution in [1.82, 2.24) is 15.1 Å². The van der Waals surface area contributed by atoms with Gasteiger partial charge in [-0.3, -0.25) is 4.79 Å². The van der Waals surface area contributed by atoms with E-state index in [4.69, 9.17) is 0 Å². The molecule has 0 aromatic rings. The summed E-state index contributed by atoms with van der Waals surface area (Å²) in [4.78, 5) is 15.8. The second kappa shape index (κ2) is 7.74. The van der Waals surface area contributed by atoms with E-state index in [2.05, 4.69) is 19.2 Å². The van der Waals surface area contributed by atoms with Gasteiger partial charge in [0.25, 0.3) is 0 Å². The molecule has 0 radical (unpaired) electrons. The zero-order valence-electron chi connectivity index (χ0n) is 12.4. The first-order chi connectivity index (χ1) is 8.49. The van der Waals surface area contributed by atoms with Gasteiger partial charge in [0.05, 0.1) is 6.54 Å². The van der Waals surface area contributed by atoms with Crippen molar-refractivity contribution in [2.75, 3.05) is 40.3 Å². The summed E-state index contributed by atoms with van der Waals surface area (Å²) in [5.41, 5.74) is 0. The van der Waals surface area contributed by atoms with E-state index in [0.717, 1.165) is 38.4 Å². The lowest BCUT2D eigenvalue weighted by Gasteiger charge is -2.33. The minimum absolute atomic E-state index is 0.264. The first kappa shape index (κ1) is 15.4. The molecule has 1 heterocycles. The Morgan fingerprint density at radius 2 is 1.94 bits per heavy atom. The van der Waals surface area contributed by atoms with E-state index in [1.807, 2.05) is 23.9 Å². The summed E-state index contributed by atoms with van der Waals surface area (Å²) in [6.45, 7) is 7.96. The molecule has 0 spiro atoms. The molecule has 1 amide bonds. The van der Waals surface area contributed by atoms with Crippen molar-refractivity contribution < 1.29 is 4.79 Å². The molecule has 1 rings (SSSR count). The Kier molecular flexibility index (Phi) is 6.65. The number of likely N-dealkylation sites (N-methyl/N-ethyl adjacent to an activating group) is 1. The van der Waals surface area contributed by atoms with Gasteiger partial charge in [-0.2, -0.15) is 0 Å². The highest BCUT2D eigenvalue weighted by Gasteiger charge is 2.22. The highest BCUT2D eigenvalue weighted by Crippen LogP contribution is 2.11. The number of nitrogens with one attached hydrogen (secondary N) is 1. The Morgan fingerprint density at radius 3 is 2.44 bits per heavy atom. The van der Waals surface area contributed by atoms with Crippen molar-refractivity contribution in [2.45, 2.75) is 39.2 Å². The third kappa shape index (κ3) is 5.83. The minimum Gasteiger partial charge on any atom is -0.341 e. The molecule has 1 fully saturated rings. The molecule has 18 heavy (non-hydrogen) atoms. The van der Waals surface area contributed by atoms with Crippen molar-refractivity contribution in [1.29, 1.82) is 0 Å². The molecule has 106 valence electrons. The van der Waals surface area contributed by atoms with Crippen LogP contribution in [0.3, 0.4) is 0 Å². The van der Waals surface area contributed by atoms with Crippen LogP contribution in [0.5, 0.6) is 0 Å². The van der Waals surface area contributed by atoms with Gasteiger partial charge in [-0.1, -0.05) is 13.8 Å². The van der Waals surface area contributed by atoms with Gasteiger partial charge in [0.2, 0.25) is 5.91 Å². The number of likely N-dealkylation sites (tertiary alicyclic amines) is 1. The number of rotatable bonds is 6. The Balaban J connectivity index is 2.18. The van der Waals surface area contributed by atoms with Crippen LogP contribution in [0.15, 0.2) is 0 Å². The number of piperidine rings is 1. The molecule has 1 saturated heterocycles. The minimum atomic E-state index is 0.264. The fourth-order valence-electron chi connectivity index (χ4n) is 2.28. The highest BCUT2D eigenvalue weighted by atomic mass is 16.2. The topological polar surface area (TPSA) is 35.6 Å². The average molecular weight is 255 g/mol. The molecule has 0 saturated carbocycles. The number of carbonyl (C=O) groups excluding carboxylic acids is 1. The molecule has 0 unspecified atom stereocenters. The van der Waals surface area contributed by atoms with Crippen molar-refractivity contribution in [3.8, 4) is 0 Å². The molecular weight excluding hydrogens is 226 g/mol. The average Bonchev–Trinajstić information content (AvgIpc) is 2.28. The van der Waals surface area contributed by atoms with Crippen LogP contribution in [0.25, 0.3) is 0 Å². The van der Waals surface area contributed by atoms with E-state index in [1.54, 1.807) is 0 Å². The summed E-state index contributed by atoms with van der Waals surface area (Å²) in [5, 5.41) is 3.60. The molecular formula is C14H29N3O. The van der Waals surface area contributed by atoms with Gasteiger partial charge >= 0.3 is 0 Å². The van der Waals surface area contributed by atoms with Gasteiger partial charge in [-0.15, -0.1) is 0 Å². The molecule has 0 aromatic carbocycles. The largest absolute Gasteiger partial charge is 0.341 e. The van der Waals surface area contributed by atoms with Crippen molar-refractivity contribution in [2.24, 2.45) is 5.92 Å². The maximum Gasteiger partial charge on any atom is 0.236 e. The van der Waals surface area contributed by atoms with Gasteiger partial charge in [0.1, 0.15) is 0 Å². The Labute approximate surface area is 112 Å². The number of hydrogen-bond acceptors (Lipinski definition) is 3. The molecule has 0 aromatic heterocycles. The molecule has 1 N–H and O–H groups in total. The first-order valence-electron chi connectivity index (χ1n) is 7.15. The molecule has 0 aliphatic carbocycles. The smallest absolute Gasteiger partial charge is 0.236 e. The predicted octanol–water partition coefficient (Wildman–Crippen LogP) is 1.17. The summed E-state index contributed by atoms with van der Waals surface area (Å²) in [6, 6.07) is 0.604. The molecule has 4 heteroatoms.